The number of carbonyl (C=O) groups excluding carboxylic acids is 2. The van der Waals surface area contributed by atoms with Gasteiger partial charge in [-0.05, 0) is 74.2 Å². The van der Waals surface area contributed by atoms with Gasteiger partial charge in [0.2, 0.25) is 0 Å². The highest BCUT2D eigenvalue weighted by molar-refractivity contribution is 7.85. The maximum atomic E-state index is 13.7. The number of hydrogen-bond donors (Lipinski definition) is 0. The molecule has 0 aromatic heterocycles. The molecular formula is C27H25ClN2O3S. The van der Waals surface area contributed by atoms with E-state index in [0.717, 1.165) is 31.4 Å². The van der Waals surface area contributed by atoms with Gasteiger partial charge in [0.05, 0.1) is 38.4 Å². The van der Waals surface area contributed by atoms with Gasteiger partial charge in [-0.1, -0.05) is 35.9 Å². The number of anilines is 1. The Morgan fingerprint density at radius 3 is 2.65 bits per heavy atom. The lowest BCUT2D eigenvalue weighted by atomic mass is 10.0. The molecule has 174 valence electrons. The molecule has 0 saturated carbocycles. The maximum absolute atomic E-state index is 13.7. The molecule has 5 rings (SSSR count). The predicted molar refractivity (Wildman–Crippen MR) is 134 cm³/mol. The van der Waals surface area contributed by atoms with Crippen molar-refractivity contribution in [2.45, 2.75) is 48.6 Å². The minimum Gasteiger partial charge on any atom is -0.336 e. The zero-order chi connectivity index (χ0) is 23.8. The van der Waals surface area contributed by atoms with Crippen LogP contribution >= 0.6 is 11.6 Å². The zero-order valence-electron chi connectivity index (χ0n) is 18.9. The third kappa shape index (κ3) is 4.17. The summed E-state index contributed by atoms with van der Waals surface area (Å²) >= 11 is 6.20. The van der Waals surface area contributed by atoms with Crippen LogP contribution in [0.2, 0.25) is 5.02 Å². The summed E-state index contributed by atoms with van der Waals surface area (Å²) in [5.41, 5.74) is 2.24. The van der Waals surface area contributed by atoms with E-state index in [1.807, 2.05) is 23.1 Å². The van der Waals surface area contributed by atoms with Gasteiger partial charge < -0.3 is 9.80 Å². The molecule has 2 aliphatic rings. The highest BCUT2D eigenvalue weighted by atomic mass is 35.5. The van der Waals surface area contributed by atoms with Crippen LogP contribution in [0.4, 0.5) is 5.69 Å². The Kier molecular flexibility index (Phi) is 6.28. The van der Waals surface area contributed by atoms with E-state index in [1.165, 1.54) is 0 Å². The summed E-state index contributed by atoms with van der Waals surface area (Å²) in [6.07, 6.45) is 3.09. The van der Waals surface area contributed by atoms with Crippen LogP contribution in [0.25, 0.3) is 0 Å². The van der Waals surface area contributed by atoms with E-state index >= 15 is 0 Å². The largest absolute Gasteiger partial charge is 0.336 e. The van der Waals surface area contributed by atoms with Gasteiger partial charge in [0.1, 0.15) is 0 Å². The number of benzene rings is 3. The molecule has 2 heterocycles. The average Bonchev–Trinajstić information content (AvgIpc) is 2.93. The van der Waals surface area contributed by atoms with Crippen LogP contribution in [-0.4, -0.2) is 33.5 Å². The molecule has 0 aliphatic carbocycles. The van der Waals surface area contributed by atoms with Crippen molar-refractivity contribution in [3.63, 3.8) is 0 Å². The smallest absolute Gasteiger partial charge is 0.259 e. The van der Waals surface area contributed by atoms with Crippen LogP contribution in [0.3, 0.4) is 0 Å². The topological polar surface area (TPSA) is 57.7 Å². The van der Waals surface area contributed by atoms with E-state index in [0.29, 0.717) is 31.6 Å². The highest BCUT2D eigenvalue weighted by Gasteiger charge is 2.32. The Morgan fingerprint density at radius 1 is 1.03 bits per heavy atom. The molecule has 34 heavy (non-hydrogen) atoms. The van der Waals surface area contributed by atoms with Gasteiger partial charge in [-0.3, -0.25) is 9.59 Å². The van der Waals surface area contributed by atoms with Crippen LogP contribution in [0.5, 0.6) is 0 Å². The van der Waals surface area contributed by atoms with Crippen molar-refractivity contribution < 1.29 is 13.8 Å². The summed E-state index contributed by atoms with van der Waals surface area (Å²) in [4.78, 5) is 31.6. The van der Waals surface area contributed by atoms with E-state index in [4.69, 9.17) is 11.6 Å². The summed E-state index contributed by atoms with van der Waals surface area (Å²) in [7, 11) is -1.56. The molecule has 7 heteroatoms. The number of likely N-dealkylation sites (tertiary alicyclic amines) is 1. The van der Waals surface area contributed by atoms with Crippen molar-refractivity contribution >= 4 is 39.9 Å². The van der Waals surface area contributed by atoms with E-state index in [2.05, 4.69) is 6.92 Å². The first-order chi connectivity index (χ1) is 16.4. The van der Waals surface area contributed by atoms with Crippen LogP contribution in [0.1, 0.15) is 52.5 Å². The molecule has 0 N–H and O–H groups in total. The van der Waals surface area contributed by atoms with Gasteiger partial charge >= 0.3 is 0 Å². The van der Waals surface area contributed by atoms with Gasteiger partial charge in [-0.2, -0.15) is 0 Å². The van der Waals surface area contributed by atoms with E-state index in [9.17, 15) is 13.8 Å². The molecule has 3 aromatic carbocycles. The fourth-order valence-corrected chi connectivity index (χ4v) is 6.29. The van der Waals surface area contributed by atoms with Crippen LogP contribution in [0, 0.1) is 0 Å². The van der Waals surface area contributed by atoms with E-state index < -0.39 is 10.8 Å². The van der Waals surface area contributed by atoms with Crippen molar-refractivity contribution in [3.8, 4) is 0 Å². The van der Waals surface area contributed by atoms with Crippen molar-refractivity contribution in [2.24, 2.45) is 0 Å². The molecular weight excluding hydrogens is 468 g/mol. The minimum absolute atomic E-state index is 0.0577. The second-order valence-electron chi connectivity index (χ2n) is 8.81. The van der Waals surface area contributed by atoms with Crippen molar-refractivity contribution in [1.29, 1.82) is 0 Å². The minimum atomic E-state index is -1.56. The third-order valence-electron chi connectivity index (χ3n) is 6.55. The molecule has 3 aromatic rings. The van der Waals surface area contributed by atoms with Gasteiger partial charge in [-0.25, -0.2) is 4.21 Å². The van der Waals surface area contributed by atoms with E-state index in [-0.39, 0.29) is 24.4 Å². The van der Waals surface area contributed by atoms with Gasteiger partial charge in [0, 0.05) is 23.2 Å². The first kappa shape index (κ1) is 22.8. The quantitative estimate of drug-likeness (QED) is 0.472. The number of hydrogen-bond acceptors (Lipinski definition) is 3. The first-order valence-electron chi connectivity index (χ1n) is 11.5. The SMILES string of the molecule is CC1CCCCN1C(=O)c1ccc2c(c1)N(Cc1cccc(Cl)c1)C(=O)c1ccccc1S2=O. The number of carbonyl (C=O) groups is 2. The monoisotopic (exact) mass is 492 g/mol. The van der Waals surface area contributed by atoms with E-state index in [1.54, 1.807) is 53.4 Å². The van der Waals surface area contributed by atoms with Gasteiger partial charge in [-0.15, -0.1) is 0 Å². The molecule has 0 spiro atoms. The summed E-state index contributed by atoms with van der Waals surface area (Å²) in [5.74, 6) is -0.309. The Hall–Kier alpha value is -2.96. The Bertz CT molecular complexity index is 1310. The fraction of sp³-hybridized carbons (Fsp3) is 0.259. The van der Waals surface area contributed by atoms with Crippen LogP contribution < -0.4 is 4.90 Å². The fourth-order valence-electron chi connectivity index (χ4n) is 4.74. The van der Waals surface area contributed by atoms with Crippen molar-refractivity contribution in [2.75, 3.05) is 11.4 Å². The summed E-state index contributed by atoms with van der Waals surface area (Å²) in [6, 6.07) is 19.7. The highest BCUT2D eigenvalue weighted by Crippen LogP contribution is 2.36. The second-order valence-corrected chi connectivity index (χ2v) is 10.7. The van der Waals surface area contributed by atoms with Crippen LogP contribution in [0.15, 0.2) is 76.5 Å². The van der Waals surface area contributed by atoms with Crippen molar-refractivity contribution in [1.82, 2.24) is 4.90 Å². The summed E-state index contributed by atoms with van der Waals surface area (Å²) in [5, 5.41) is 0.576. The molecule has 5 nitrogen and oxygen atoms in total. The summed E-state index contributed by atoms with van der Waals surface area (Å²) < 4.78 is 13.6. The molecule has 2 amide bonds. The average molecular weight is 493 g/mol. The van der Waals surface area contributed by atoms with Crippen LogP contribution in [-0.2, 0) is 17.3 Å². The molecule has 2 unspecified atom stereocenters. The molecule has 1 saturated heterocycles. The number of rotatable bonds is 3. The Balaban J connectivity index is 1.63. The van der Waals surface area contributed by atoms with Gasteiger partial charge in [0.25, 0.3) is 11.8 Å². The number of nitrogens with zero attached hydrogens (tertiary/aromatic N) is 2. The molecule has 1 fully saturated rings. The molecule has 0 bridgehead atoms. The molecule has 0 radical (unpaired) electrons. The maximum Gasteiger partial charge on any atom is 0.259 e. The second kappa shape index (κ2) is 9.35. The number of amides is 2. The number of halogens is 1. The zero-order valence-corrected chi connectivity index (χ0v) is 20.4. The third-order valence-corrected chi connectivity index (χ3v) is 8.29. The first-order valence-corrected chi connectivity index (χ1v) is 13.0. The lowest BCUT2D eigenvalue weighted by molar-refractivity contribution is 0.0635. The summed E-state index contributed by atoms with van der Waals surface area (Å²) in [6.45, 7) is 3.04. The Labute approximate surface area is 206 Å². The van der Waals surface area contributed by atoms with Gasteiger partial charge in [0.15, 0.2) is 0 Å². The normalized spacial score (nSPS) is 19.9. The number of piperidine rings is 1. The lowest BCUT2D eigenvalue weighted by Gasteiger charge is -2.33. The molecule has 2 atom stereocenters. The molecule has 2 aliphatic heterocycles. The number of fused-ring (bicyclic) bond motifs is 2. The van der Waals surface area contributed by atoms with Crippen molar-refractivity contribution in [3.05, 3.63) is 88.4 Å². The standard InChI is InChI=1S/C27H25ClN2O3S/c1-18-7-4-5-14-29(18)26(31)20-12-13-25-23(16-20)30(17-19-8-6-9-21(28)15-19)27(32)22-10-2-3-11-24(22)34(25)33/h2-3,6,8-13,15-16,18H,4-5,7,14,17H2,1H3. The lowest BCUT2D eigenvalue weighted by Crippen LogP contribution is -2.42. The predicted octanol–water partition coefficient (Wildman–Crippen LogP) is 5.68. The Morgan fingerprint density at radius 2 is 1.85 bits per heavy atom.